The van der Waals surface area contributed by atoms with E-state index in [1.165, 1.54) is 29.5 Å². The second-order valence-electron chi connectivity index (χ2n) is 5.61. The summed E-state index contributed by atoms with van der Waals surface area (Å²) >= 11 is 0. The molecule has 0 bridgehead atoms. The second-order valence-corrected chi connectivity index (χ2v) is 5.61. The topological polar surface area (TPSA) is 9.23 Å². The smallest absolute Gasteiger partial charge is 0.0727 e. The summed E-state index contributed by atoms with van der Waals surface area (Å²) in [7, 11) is 0. The van der Waals surface area contributed by atoms with Crippen molar-refractivity contribution >= 4 is 5.57 Å². The number of ether oxygens (including phenoxy) is 1. The number of rotatable bonds is 1. The van der Waals surface area contributed by atoms with Crippen LogP contribution in [0.3, 0.4) is 0 Å². The van der Waals surface area contributed by atoms with Crippen LogP contribution in [0, 0.1) is 11.8 Å². The van der Waals surface area contributed by atoms with Crippen LogP contribution in [0.4, 0.5) is 0 Å². The highest BCUT2D eigenvalue weighted by Crippen LogP contribution is 2.57. The van der Waals surface area contributed by atoms with Crippen molar-refractivity contribution in [3.63, 3.8) is 0 Å². The van der Waals surface area contributed by atoms with Crippen LogP contribution in [0.5, 0.6) is 0 Å². The van der Waals surface area contributed by atoms with Crippen LogP contribution in [0.25, 0.3) is 5.57 Å². The highest BCUT2D eigenvalue weighted by Gasteiger charge is 2.46. The summed E-state index contributed by atoms with van der Waals surface area (Å²) in [5, 5.41) is 0. The first kappa shape index (κ1) is 10.6. The molecule has 1 fully saturated rings. The highest BCUT2D eigenvalue weighted by atomic mass is 16.5. The molecule has 0 amide bonds. The Hall–Kier alpha value is -1.34. The van der Waals surface area contributed by atoms with Crippen LogP contribution < -0.4 is 0 Å². The van der Waals surface area contributed by atoms with Crippen molar-refractivity contribution in [3.8, 4) is 0 Å². The summed E-state index contributed by atoms with van der Waals surface area (Å²) in [6.45, 7) is 3.82. The van der Waals surface area contributed by atoms with Crippen molar-refractivity contribution in [2.45, 2.75) is 26.4 Å². The van der Waals surface area contributed by atoms with Crippen molar-refractivity contribution in [1.82, 2.24) is 0 Å². The molecule has 3 aliphatic rings. The van der Waals surface area contributed by atoms with Gasteiger partial charge in [0.25, 0.3) is 0 Å². The molecular formula is C17H18O. The van der Waals surface area contributed by atoms with E-state index in [1.54, 1.807) is 11.1 Å². The molecule has 1 heterocycles. The maximum atomic E-state index is 5.85. The van der Waals surface area contributed by atoms with Crippen LogP contribution in [0.2, 0.25) is 0 Å². The average molecular weight is 238 g/mol. The number of fused-ring (bicyclic) bond motifs is 4. The average Bonchev–Trinajstić information content (AvgIpc) is 3.19. The highest BCUT2D eigenvalue weighted by molar-refractivity contribution is 5.79. The zero-order chi connectivity index (χ0) is 12.1. The molecule has 92 valence electrons. The fourth-order valence-electron chi connectivity index (χ4n) is 3.61. The first-order valence-corrected chi connectivity index (χ1v) is 6.98. The minimum absolute atomic E-state index is 0.760. The molecule has 18 heavy (non-hydrogen) atoms. The lowest BCUT2D eigenvalue weighted by Crippen LogP contribution is -2.04. The summed E-state index contributed by atoms with van der Waals surface area (Å²) in [5.41, 5.74) is 7.48. The fourth-order valence-corrected chi connectivity index (χ4v) is 3.61. The number of allylic oxidation sites excluding steroid dienone is 2. The van der Waals surface area contributed by atoms with Crippen molar-refractivity contribution in [3.05, 3.63) is 52.6 Å². The molecule has 0 spiro atoms. The predicted molar refractivity (Wildman–Crippen MR) is 73.0 cm³/mol. The lowest BCUT2D eigenvalue weighted by atomic mass is 9.86. The fraction of sp³-hybridized carbons (Fsp3) is 0.412. The lowest BCUT2D eigenvalue weighted by Gasteiger charge is -2.18. The molecule has 1 aromatic rings. The summed E-state index contributed by atoms with van der Waals surface area (Å²) in [6, 6.07) is 8.76. The van der Waals surface area contributed by atoms with Crippen molar-refractivity contribution in [2.75, 3.05) is 6.61 Å². The Bertz CT molecular complexity index is 565. The molecule has 2 atom stereocenters. The van der Waals surface area contributed by atoms with Crippen LogP contribution in [0.1, 0.15) is 30.9 Å². The Morgan fingerprint density at radius 1 is 1.17 bits per heavy atom. The Morgan fingerprint density at radius 3 is 2.94 bits per heavy atom. The van der Waals surface area contributed by atoms with Gasteiger partial charge in [-0.2, -0.15) is 0 Å². The van der Waals surface area contributed by atoms with Gasteiger partial charge in [0, 0.05) is 0 Å². The van der Waals surface area contributed by atoms with Crippen molar-refractivity contribution in [2.24, 2.45) is 11.8 Å². The zero-order valence-corrected chi connectivity index (χ0v) is 10.8. The van der Waals surface area contributed by atoms with Gasteiger partial charge in [-0.3, -0.25) is 0 Å². The van der Waals surface area contributed by atoms with Gasteiger partial charge >= 0.3 is 0 Å². The maximum Gasteiger partial charge on any atom is 0.0727 e. The standard InChI is InChI=1S/C17H18O/c1-2-11-7-13-10-18-9-12-5-3-4-6-14(12)17(13)16-8-15(11)16/h3-7,15-16H,2,8-10H2,1H3. The third-order valence-corrected chi connectivity index (χ3v) is 4.57. The molecule has 0 aromatic heterocycles. The van der Waals surface area contributed by atoms with E-state index in [2.05, 4.69) is 37.3 Å². The third kappa shape index (κ3) is 1.44. The largest absolute Gasteiger partial charge is 0.372 e. The first-order valence-electron chi connectivity index (χ1n) is 6.98. The Balaban J connectivity index is 1.90. The summed E-state index contributed by atoms with van der Waals surface area (Å²) < 4.78 is 5.85. The van der Waals surface area contributed by atoms with Gasteiger partial charge in [-0.15, -0.1) is 0 Å². The van der Waals surface area contributed by atoms with E-state index in [0.717, 1.165) is 25.0 Å². The molecule has 1 aromatic carbocycles. The van der Waals surface area contributed by atoms with E-state index in [0.29, 0.717) is 0 Å². The van der Waals surface area contributed by atoms with Crippen LogP contribution in [-0.2, 0) is 11.3 Å². The minimum atomic E-state index is 0.760. The van der Waals surface area contributed by atoms with E-state index in [9.17, 15) is 0 Å². The summed E-state index contributed by atoms with van der Waals surface area (Å²) in [5.74, 6) is 1.61. The van der Waals surface area contributed by atoms with Gasteiger partial charge in [0.15, 0.2) is 0 Å². The molecule has 0 N–H and O–H groups in total. The molecule has 1 saturated carbocycles. The van der Waals surface area contributed by atoms with Gasteiger partial charge in [0.2, 0.25) is 0 Å². The van der Waals surface area contributed by atoms with E-state index in [-0.39, 0.29) is 0 Å². The third-order valence-electron chi connectivity index (χ3n) is 4.57. The monoisotopic (exact) mass is 238 g/mol. The molecule has 1 nitrogen and oxygen atoms in total. The number of hydrogen-bond acceptors (Lipinski definition) is 1. The molecule has 1 heteroatoms. The van der Waals surface area contributed by atoms with Gasteiger partial charge in [-0.25, -0.2) is 0 Å². The molecule has 0 saturated heterocycles. The van der Waals surface area contributed by atoms with Gasteiger partial charge in [0.1, 0.15) is 0 Å². The van der Waals surface area contributed by atoms with Crippen LogP contribution >= 0.6 is 0 Å². The van der Waals surface area contributed by atoms with Crippen LogP contribution in [0.15, 0.2) is 41.5 Å². The summed E-state index contributed by atoms with van der Waals surface area (Å²) in [6.07, 6.45) is 4.97. The number of hydrogen-bond donors (Lipinski definition) is 0. The first-order chi connectivity index (χ1) is 8.88. The van der Waals surface area contributed by atoms with Gasteiger partial charge in [0.05, 0.1) is 13.2 Å². The predicted octanol–water partition coefficient (Wildman–Crippen LogP) is 3.96. The van der Waals surface area contributed by atoms with E-state index in [1.807, 2.05) is 0 Å². The normalized spacial score (nSPS) is 28.8. The molecule has 2 aliphatic carbocycles. The van der Waals surface area contributed by atoms with Crippen molar-refractivity contribution in [1.29, 1.82) is 0 Å². The minimum Gasteiger partial charge on any atom is -0.372 e. The number of benzene rings is 1. The Labute approximate surface area is 108 Å². The van der Waals surface area contributed by atoms with E-state index >= 15 is 0 Å². The maximum absolute atomic E-state index is 5.85. The Morgan fingerprint density at radius 2 is 2.06 bits per heavy atom. The molecular weight excluding hydrogens is 220 g/mol. The van der Waals surface area contributed by atoms with Gasteiger partial charge < -0.3 is 4.74 Å². The van der Waals surface area contributed by atoms with E-state index < -0.39 is 0 Å². The van der Waals surface area contributed by atoms with Crippen LogP contribution in [-0.4, -0.2) is 6.61 Å². The molecule has 2 unspecified atom stereocenters. The van der Waals surface area contributed by atoms with Crippen molar-refractivity contribution < 1.29 is 4.74 Å². The molecule has 0 radical (unpaired) electrons. The molecule has 4 rings (SSSR count). The Kier molecular flexibility index (Phi) is 2.25. The van der Waals surface area contributed by atoms with Gasteiger partial charge in [-0.05, 0) is 47.0 Å². The lowest BCUT2D eigenvalue weighted by molar-refractivity contribution is 0.146. The van der Waals surface area contributed by atoms with E-state index in [4.69, 9.17) is 4.74 Å². The molecule has 1 aliphatic heterocycles. The van der Waals surface area contributed by atoms with Gasteiger partial charge in [-0.1, -0.05) is 42.8 Å². The zero-order valence-electron chi connectivity index (χ0n) is 10.8. The summed E-state index contributed by atoms with van der Waals surface area (Å²) in [4.78, 5) is 0. The SMILES string of the molecule is CCC1=CC2=C(c3ccccc3COC2)C2CC12. The second kappa shape index (κ2) is 3.83. The quantitative estimate of drug-likeness (QED) is 0.719.